The zero-order chi connectivity index (χ0) is 14.7. The second-order valence-electron chi connectivity index (χ2n) is 3.62. The van der Waals surface area contributed by atoms with Crippen LogP contribution in [0.25, 0.3) is 0 Å². The van der Waals surface area contributed by atoms with Crippen molar-refractivity contribution in [3.8, 4) is 17.4 Å². The number of benzene rings is 1. The molecule has 2 N–H and O–H groups in total. The lowest BCUT2D eigenvalue weighted by Crippen LogP contribution is -2.09. The van der Waals surface area contributed by atoms with E-state index in [0.717, 1.165) is 6.33 Å². The molecule has 20 heavy (non-hydrogen) atoms. The van der Waals surface area contributed by atoms with E-state index in [4.69, 9.17) is 26.2 Å². The lowest BCUT2D eigenvalue weighted by atomic mass is 10.2. The number of nitrogens with zero attached hydrogens (tertiary/aromatic N) is 1. The van der Waals surface area contributed by atoms with Crippen molar-refractivity contribution in [1.82, 2.24) is 9.97 Å². The van der Waals surface area contributed by atoms with E-state index < -0.39 is 11.5 Å². The number of ether oxygens (including phenoxy) is 2. The summed E-state index contributed by atoms with van der Waals surface area (Å²) in [4.78, 5) is 28.5. The number of hydrogen-bond donors (Lipinski definition) is 2. The Morgan fingerprint density at radius 3 is 2.85 bits per heavy atom. The smallest absolute Gasteiger partial charge is 0.339 e. The van der Waals surface area contributed by atoms with Crippen LogP contribution in [0.15, 0.2) is 29.3 Å². The van der Waals surface area contributed by atoms with Gasteiger partial charge < -0.3 is 19.6 Å². The van der Waals surface area contributed by atoms with Crippen molar-refractivity contribution < 1.29 is 19.4 Å². The fourth-order valence-corrected chi connectivity index (χ4v) is 1.58. The molecule has 0 aliphatic carbocycles. The summed E-state index contributed by atoms with van der Waals surface area (Å²) in [7, 11) is 1.41. The Bertz CT molecular complexity index is 713. The van der Waals surface area contributed by atoms with Gasteiger partial charge in [-0.25, -0.2) is 9.78 Å². The van der Waals surface area contributed by atoms with E-state index in [1.807, 2.05) is 0 Å². The topological polar surface area (TPSA) is 102 Å². The van der Waals surface area contributed by atoms with E-state index >= 15 is 0 Å². The van der Waals surface area contributed by atoms with Gasteiger partial charge in [-0.05, 0) is 18.2 Å². The third kappa shape index (κ3) is 2.72. The summed E-state index contributed by atoms with van der Waals surface area (Å²) in [6.45, 7) is 0. The third-order valence-corrected chi connectivity index (χ3v) is 2.72. The summed E-state index contributed by atoms with van der Waals surface area (Å²) in [5.74, 6) is -1.03. The Morgan fingerprint density at radius 1 is 1.45 bits per heavy atom. The first kappa shape index (κ1) is 13.9. The van der Waals surface area contributed by atoms with E-state index in [1.165, 1.54) is 25.3 Å². The highest BCUT2D eigenvalue weighted by atomic mass is 35.5. The molecule has 0 atom stereocenters. The van der Waals surface area contributed by atoms with Crippen molar-refractivity contribution in [3.63, 3.8) is 0 Å². The number of halogens is 1. The molecule has 0 saturated heterocycles. The molecule has 0 aliphatic rings. The molecule has 8 heteroatoms. The fourth-order valence-electron chi connectivity index (χ4n) is 1.43. The number of H-pyrrole nitrogens is 1. The Hall–Kier alpha value is -2.54. The van der Waals surface area contributed by atoms with Gasteiger partial charge in [0.05, 0.1) is 13.4 Å². The summed E-state index contributed by atoms with van der Waals surface area (Å²) in [6, 6.07) is 4.20. The predicted octanol–water partition coefficient (Wildman–Crippen LogP) is 1.92. The Morgan fingerprint density at radius 2 is 2.20 bits per heavy atom. The molecule has 1 heterocycles. The maximum atomic E-state index is 11.3. The molecular formula is C12H9ClN2O5. The number of hydrogen-bond acceptors (Lipinski definition) is 5. The highest BCUT2D eigenvalue weighted by Gasteiger charge is 2.16. The third-order valence-electron chi connectivity index (χ3n) is 2.39. The van der Waals surface area contributed by atoms with E-state index in [2.05, 4.69) is 9.97 Å². The van der Waals surface area contributed by atoms with Crippen LogP contribution in [0, 0.1) is 0 Å². The van der Waals surface area contributed by atoms with Crippen molar-refractivity contribution in [2.75, 3.05) is 7.11 Å². The lowest BCUT2D eigenvalue weighted by Gasteiger charge is -2.09. The second kappa shape index (κ2) is 5.62. The zero-order valence-electron chi connectivity index (χ0n) is 10.2. The normalized spacial score (nSPS) is 10.1. The summed E-state index contributed by atoms with van der Waals surface area (Å²) in [5.41, 5.74) is -0.718. The Balaban J connectivity index is 2.45. The number of carboxylic acid groups (broad SMARTS) is 1. The number of aromatic nitrogens is 2. The summed E-state index contributed by atoms with van der Waals surface area (Å²) >= 11 is 5.73. The highest BCUT2D eigenvalue weighted by Crippen LogP contribution is 2.29. The molecule has 0 fully saturated rings. The van der Waals surface area contributed by atoms with Gasteiger partial charge in [0.25, 0.3) is 5.56 Å². The largest absolute Gasteiger partial charge is 0.497 e. The summed E-state index contributed by atoms with van der Waals surface area (Å²) in [5, 5.41) is 8.87. The quantitative estimate of drug-likeness (QED) is 0.894. The van der Waals surface area contributed by atoms with Crippen molar-refractivity contribution in [1.29, 1.82) is 0 Å². The monoisotopic (exact) mass is 296 g/mol. The van der Waals surface area contributed by atoms with Crippen LogP contribution in [0.5, 0.6) is 17.4 Å². The second-order valence-corrected chi connectivity index (χ2v) is 4.00. The number of aromatic carboxylic acids is 1. The van der Waals surface area contributed by atoms with Gasteiger partial charge in [-0.15, -0.1) is 0 Å². The molecule has 2 aromatic rings. The number of carboxylic acids is 1. The fraction of sp³-hybridized carbons (Fsp3) is 0.0833. The zero-order valence-corrected chi connectivity index (χ0v) is 11.0. The minimum Gasteiger partial charge on any atom is -0.497 e. The van der Waals surface area contributed by atoms with Gasteiger partial charge in [-0.1, -0.05) is 11.6 Å². The Labute approximate surface area is 117 Å². The van der Waals surface area contributed by atoms with Gasteiger partial charge >= 0.3 is 5.97 Å². The molecule has 0 amide bonds. The number of methoxy groups -OCH3 is 1. The van der Waals surface area contributed by atoms with Gasteiger partial charge in [0.1, 0.15) is 17.1 Å². The van der Waals surface area contributed by atoms with Crippen molar-refractivity contribution in [2.24, 2.45) is 0 Å². The molecule has 1 aromatic carbocycles. The van der Waals surface area contributed by atoms with Crippen LogP contribution in [0.1, 0.15) is 10.4 Å². The van der Waals surface area contributed by atoms with Crippen LogP contribution >= 0.6 is 11.6 Å². The first-order valence-corrected chi connectivity index (χ1v) is 5.73. The van der Waals surface area contributed by atoms with E-state index in [1.54, 1.807) is 0 Å². The molecule has 1 aromatic heterocycles. The van der Waals surface area contributed by atoms with Crippen molar-refractivity contribution in [3.05, 3.63) is 45.5 Å². The molecule has 0 radical (unpaired) electrons. The van der Waals surface area contributed by atoms with Crippen LogP contribution in [0.4, 0.5) is 0 Å². The minimum absolute atomic E-state index is 0.00157. The van der Waals surface area contributed by atoms with Gasteiger partial charge in [-0.2, -0.15) is 0 Å². The van der Waals surface area contributed by atoms with Crippen LogP contribution in [-0.4, -0.2) is 28.2 Å². The molecular weight excluding hydrogens is 288 g/mol. The van der Waals surface area contributed by atoms with E-state index in [9.17, 15) is 9.59 Å². The first-order valence-electron chi connectivity index (χ1n) is 5.35. The maximum absolute atomic E-state index is 11.3. The van der Waals surface area contributed by atoms with Crippen LogP contribution in [-0.2, 0) is 0 Å². The SMILES string of the molecule is COc1ccc(Oc2nc[nH]c(=O)c2Cl)c(C(=O)O)c1. The molecule has 0 bridgehead atoms. The van der Waals surface area contributed by atoms with Gasteiger partial charge in [-0.3, -0.25) is 4.79 Å². The van der Waals surface area contributed by atoms with Crippen LogP contribution < -0.4 is 15.0 Å². The number of rotatable bonds is 4. The van der Waals surface area contributed by atoms with Crippen molar-refractivity contribution in [2.45, 2.75) is 0 Å². The molecule has 104 valence electrons. The first-order chi connectivity index (χ1) is 9.52. The molecule has 2 rings (SSSR count). The molecule has 0 aliphatic heterocycles. The molecule has 0 spiro atoms. The number of nitrogens with one attached hydrogen (secondary N) is 1. The average Bonchev–Trinajstić information content (AvgIpc) is 2.44. The highest BCUT2D eigenvalue weighted by molar-refractivity contribution is 6.31. The molecule has 7 nitrogen and oxygen atoms in total. The molecule has 0 saturated carbocycles. The average molecular weight is 297 g/mol. The lowest BCUT2D eigenvalue weighted by molar-refractivity contribution is 0.0693. The summed E-state index contributed by atoms with van der Waals surface area (Å²) < 4.78 is 10.2. The standard InChI is InChI=1S/C12H9ClN2O5/c1-19-6-2-3-8(7(4-6)12(17)18)20-11-9(13)10(16)14-5-15-11/h2-5H,1H3,(H,17,18)(H,14,15,16). The maximum Gasteiger partial charge on any atom is 0.339 e. The summed E-state index contributed by atoms with van der Waals surface area (Å²) in [6.07, 6.45) is 1.10. The Kier molecular flexibility index (Phi) is 3.90. The van der Waals surface area contributed by atoms with Crippen molar-refractivity contribution >= 4 is 17.6 Å². The van der Waals surface area contributed by atoms with E-state index in [0.29, 0.717) is 5.75 Å². The number of carbonyl (C=O) groups is 1. The predicted molar refractivity (Wildman–Crippen MR) is 69.9 cm³/mol. The van der Waals surface area contributed by atoms with E-state index in [-0.39, 0.29) is 22.2 Å². The minimum atomic E-state index is -1.21. The van der Waals surface area contributed by atoms with Gasteiger partial charge in [0.2, 0.25) is 5.88 Å². The van der Waals surface area contributed by atoms with Crippen LogP contribution in [0.2, 0.25) is 5.02 Å². The van der Waals surface area contributed by atoms with Gasteiger partial charge in [0, 0.05) is 0 Å². The molecule has 0 unspecified atom stereocenters. The van der Waals surface area contributed by atoms with Gasteiger partial charge in [0.15, 0.2) is 5.02 Å². The van der Waals surface area contributed by atoms with Crippen LogP contribution in [0.3, 0.4) is 0 Å². The number of aromatic amines is 1.